The van der Waals surface area contributed by atoms with Gasteiger partial charge in [-0.05, 0) is 87.0 Å². The third-order valence-corrected chi connectivity index (χ3v) is 5.94. The molecule has 0 fully saturated rings. The number of allylic oxidation sites excluding steroid dienone is 2. The number of ether oxygens (including phenoxy) is 2. The van der Waals surface area contributed by atoms with Gasteiger partial charge in [-0.15, -0.1) is 0 Å². The molecule has 3 rings (SSSR count). The summed E-state index contributed by atoms with van der Waals surface area (Å²) in [4.78, 5) is 6.56. The Balaban J connectivity index is 1.59. The summed E-state index contributed by atoms with van der Waals surface area (Å²) < 4.78 is 11.4. The van der Waals surface area contributed by atoms with Crippen LogP contribution in [0, 0.1) is 5.92 Å². The first-order valence-electron chi connectivity index (χ1n) is 11.6. The molecule has 2 aromatic rings. The predicted octanol–water partition coefficient (Wildman–Crippen LogP) is 5.15. The molecule has 1 atom stereocenters. The Bertz CT molecular complexity index is 873. The van der Waals surface area contributed by atoms with Crippen molar-refractivity contribution in [1.82, 2.24) is 15.2 Å². The van der Waals surface area contributed by atoms with E-state index in [-0.39, 0.29) is 0 Å². The van der Waals surface area contributed by atoms with Crippen molar-refractivity contribution in [2.75, 3.05) is 26.3 Å². The number of aromatic nitrogens is 1. The van der Waals surface area contributed by atoms with Crippen molar-refractivity contribution in [3.05, 3.63) is 66.0 Å². The zero-order chi connectivity index (χ0) is 22.6. The molecule has 0 saturated carbocycles. The predicted molar refractivity (Wildman–Crippen MR) is 134 cm³/mol. The molecule has 5 nitrogen and oxygen atoms in total. The second kappa shape index (κ2) is 13.1. The number of pyridine rings is 1. The van der Waals surface area contributed by atoms with E-state index in [2.05, 4.69) is 45.6 Å². The fourth-order valence-corrected chi connectivity index (χ4v) is 4.18. The molecule has 6 heteroatoms. The van der Waals surface area contributed by atoms with E-state index < -0.39 is 0 Å². The highest BCUT2D eigenvalue weighted by Crippen LogP contribution is 2.28. The van der Waals surface area contributed by atoms with Crippen LogP contribution in [0.25, 0.3) is 0 Å². The summed E-state index contributed by atoms with van der Waals surface area (Å²) in [6.07, 6.45) is 12.7. The summed E-state index contributed by atoms with van der Waals surface area (Å²) in [5.74, 6) is 2.24. The lowest BCUT2D eigenvalue weighted by Gasteiger charge is -2.30. The van der Waals surface area contributed by atoms with Gasteiger partial charge in [-0.25, -0.2) is 0 Å². The van der Waals surface area contributed by atoms with Gasteiger partial charge in [-0.3, -0.25) is 4.98 Å². The highest BCUT2D eigenvalue weighted by atomic mass is 32.1. The number of hydrogen-bond donors (Lipinski definition) is 1. The van der Waals surface area contributed by atoms with Crippen LogP contribution >= 0.6 is 12.2 Å². The molecule has 1 aromatic carbocycles. The smallest absolute Gasteiger partial charge is 0.169 e. The zero-order valence-electron chi connectivity index (χ0n) is 19.3. The summed E-state index contributed by atoms with van der Waals surface area (Å²) in [7, 11) is 0. The Morgan fingerprint density at radius 2 is 1.97 bits per heavy atom. The van der Waals surface area contributed by atoms with Crippen LogP contribution < -0.4 is 14.8 Å². The molecule has 1 heterocycles. The van der Waals surface area contributed by atoms with E-state index in [1.54, 1.807) is 0 Å². The molecule has 1 N–H and O–H groups in total. The average molecular weight is 454 g/mol. The molecule has 1 aliphatic rings. The van der Waals surface area contributed by atoms with E-state index in [0.29, 0.717) is 19.1 Å². The molecule has 1 aliphatic carbocycles. The van der Waals surface area contributed by atoms with Gasteiger partial charge in [0.15, 0.2) is 16.6 Å². The maximum atomic E-state index is 5.81. The summed E-state index contributed by atoms with van der Waals surface area (Å²) in [5, 5.41) is 4.28. The maximum absolute atomic E-state index is 5.81. The van der Waals surface area contributed by atoms with Gasteiger partial charge in [0, 0.05) is 32.0 Å². The molecule has 0 radical (unpaired) electrons. The fraction of sp³-hybridized carbons (Fsp3) is 0.462. The summed E-state index contributed by atoms with van der Waals surface area (Å²) in [6, 6.07) is 10.3. The Morgan fingerprint density at radius 1 is 1.12 bits per heavy atom. The topological polar surface area (TPSA) is 46.6 Å². The molecular formula is C26H35N3O2S. The van der Waals surface area contributed by atoms with Crippen LogP contribution in [0.5, 0.6) is 11.5 Å². The van der Waals surface area contributed by atoms with Crippen molar-refractivity contribution in [3.8, 4) is 11.5 Å². The molecule has 32 heavy (non-hydrogen) atoms. The highest BCUT2D eigenvalue weighted by Gasteiger charge is 2.18. The lowest BCUT2D eigenvalue weighted by atomic mass is 9.94. The number of benzene rings is 1. The normalized spacial score (nSPS) is 15.2. The summed E-state index contributed by atoms with van der Waals surface area (Å²) in [5.41, 5.74) is 2.37. The van der Waals surface area contributed by atoms with Gasteiger partial charge >= 0.3 is 0 Å². The molecule has 0 amide bonds. The number of hydrogen-bond acceptors (Lipinski definition) is 4. The van der Waals surface area contributed by atoms with Crippen LogP contribution in [0.4, 0.5) is 0 Å². The molecular weight excluding hydrogens is 418 g/mol. The molecule has 0 bridgehead atoms. The van der Waals surface area contributed by atoms with Crippen LogP contribution in [-0.2, 0) is 13.0 Å². The third-order valence-electron chi connectivity index (χ3n) is 5.54. The van der Waals surface area contributed by atoms with Gasteiger partial charge in [0.1, 0.15) is 0 Å². The van der Waals surface area contributed by atoms with Gasteiger partial charge < -0.3 is 19.7 Å². The third kappa shape index (κ3) is 7.52. The first-order valence-corrected chi connectivity index (χ1v) is 12.1. The molecule has 1 aromatic heterocycles. The highest BCUT2D eigenvalue weighted by molar-refractivity contribution is 7.80. The van der Waals surface area contributed by atoms with E-state index in [0.717, 1.165) is 55.5 Å². The fourth-order valence-electron chi connectivity index (χ4n) is 3.94. The molecule has 0 saturated heterocycles. The maximum Gasteiger partial charge on any atom is 0.169 e. The summed E-state index contributed by atoms with van der Waals surface area (Å²) >= 11 is 5.81. The average Bonchev–Trinajstić information content (AvgIpc) is 2.82. The molecule has 172 valence electrons. The van der Waals surface area contributed by atoms with Gasteiger partial charge in [0.2, 0.25) is 0 Å². The monoisotopic (exact) mass is 453 g/mol. The number of nitrogens with zero attached hydrogens (tertiary/aromatic N) is 2. The van der Waals surface area contributed by atoms with Crippen molar-refractivity contribution in [3.63, 3.8) is 0 Å². The first-order chi connectivity index (χ1) is 15.7. The minimum Gasteiger partial charge on any atom is -0.490 e. The molecule has 0 spiro atoms. The van der Waals surface area contributed by atoms with Gasteiger partial charge in [-0.1, -0.05) is 24.3 Å². The van der Waals surface area contributed by atoms with Crippen molar-refractivity contribution in [1.29, 1.82) is 0 Å². The van der Waals surface area contributed by atoms with Crippen LogP contribution in [0.1, 0.15) is 44.2 Å². The minimum absolute atomic E-state index is 0.617. The molecule has 0 aliphatic heterocycles. The van der Waals surface area contributed by atoms with Crippen LogP contribution in [0.3, 0.4) is 0 Å². The Kier molecular flexibility index (Phi) is 9.82. The lowest BCUT2D eigenvalue weighted by molar-refractivity contribution is 0.287. The van der Waals surface area contributed by atoms with Crippen LogP contribution in [0.2, 0.25) is 0 Å². The summed E-state index contributed by atoms with van der Waals surface area (Å²) in [6.45, 7) is 7.72. The number of thiocarbonyl (C=S) groups is 1. The van der Waals surface area contributed by atoms with Gasteiger partial charge in [0.05, 0.1) is 13.2 Å². The minimum atomic E-state index is 0.617. The Labute approximate surface area is 197 Å². The lowest BCUT2D eigenvalue weighted by Crippen LogP contribution is -2.42. The van der Waals surface area contributed by atoms with E-state index in [4.69, 9.17) is 21.7 Å². The van der Waals surface area contributed by atoms with Gasteiger partial charge in [-0.2, -0.15) is 0 Å². The van der Waals surface area contributed by atoms with E-state index in [1.807, 2.05) is 38.4 Å². The largest absolute Gasteiger partial charge is 0.490 e. The Morgan fingerprint density at radius 3 is 2.69 bits per heavy atom. The number of rotatable bonds is 11. The van der Waals surface area contributed by atoms with E-state index in [9.17, 15) is 0 Å². The van der Waals surface area contributed by atoms with Crippen molar-refractivity contribution < 1.29 is 9.47 Å². The second-order valence-electron chi connectivity index (χ2n) is 8.02. The van der Waals surface area contributed by atoms with Crippen LogP contribution in [0.15, 0.2) is 54.9 Å². The standard InChI is InChI=1S/C26H35N3O2S/c1-3-30-24-13-12-21(17-25(24)31-4-2)14-16-28-26(32)29(19-22-9-6-5-7-10-22)20-23-11-8-15-27-18-23/h5-6,8,11-13,15,17-18,22H,3-4,7,9-10,14,16,19-20H2,1-2H3,(H,28,32)/t22-/m0/s1. The van der Waals surface area contributed by atoms with E-state index in [1.165, 1.54) is 17.5 Å². The van der Waals surface area contributed by atoms with Crippen molar-refractivity contribution >= 4 is 17.3 Å². The quantitative estimate of drug-likeness (QED) is 0.375. The van der Waals surface area contributed by atoms with Crippen molar-refractivity contribution in [2.45, 2.75) is 46.1 Å². The Hall–Kier alpha value is -2.60. The SMILES string of the molecule is CCOc1ccc(CCNC(=S)N(Cc2cccnc2)C[C@H]2CC=CCC2)cc1OCC. The second-order valence-corrected chi connectivity index (χ2v) is 8.41. The van der Waals surface area contributed by atoms with Gasteiger partial charge in [0.25, 0.3) is 0 Å². The van der Waals surface area contributed by atoms with E-state index >= 15 is 0 Å². The zero-order valence-corrected chi connectivity index (χ0v) is 20.1. The number of nitrogens with one attached hydrogen (secondary N) is 1. The van der Waals surface area contributed by atoms with Crippen molar-refractivity contribution in [2.24, 2.45) is 5.92 Å². The van der Waals surface area contributed by atoms with Crippen LogP contribution in [-0.4, -0.2) is 41.3 Å². The first kappa shape index (κ1) is 24.1. The molecule has 0 unspecified atom stereocenters.